The van der Waals surface area contributed by atoms with Gasteiger partial charge in [-0.1, -0.05) is 12.1 Å². The number of thiophene rings is 1. The van der Waals surface area contributed by atoms with E-state index in [1.807, 2.05) is 11.4 Å². The third kappa shape index (κ3) is 5.27. The summed E-state index contributed by atoms with van der Waals surface area (Å²) >= 11 is 1.39. The van der Waals surface area contributed by atoms with Gasteiger partial charge in [-0.05, 0) is 42.0 Å². The van der Waals surface area contributed by atoms with Crippen molar-refractivity contribution in [2.75, 3.05) is 27.2 Å². The lowest BCUT2D eigenvalue weighted by Crippen LogP contribution is -2.45. The molecule has 0 bridgehead atoms. The van der Waals surface area contributed by atoms with Crippen LogP contribution in [0.1, 0.15) is 28.1 Å². The molecule has 0 saturated carbocycles. The number of hydrogen-bond acceptors (Lipinski definition) is 5. The van der Waals surface area contributed by atoms with Gasteiger partial charge < -0.3 is 19.3 Å². The lowest BCUT2D eigenvalue weighted by Gasteiger charge is -2.33. The number of alkyl halides is 2. The van der Waals surface area contributed by atoms with Crippen LogP contribution in [0.5, 0.6) is 11.5 Å². The Balaban J connectivity index is 1.63. The highest BCUT2D eigenvalue weighted by molar-refractivity contribution is 7.12. The SMILES string of the molecule is COc1cc(CN(C)C(=O)C2CCCN(C(=O)c3cccs3)C2)ccc1OC(F)F. The van der Waals surface area contributed by atoms with E-state index in [9.17, 15) is 18.4 Å². The third-order valence-corrected chi connectivity index (χ3v) is 5.89. The summed E-state index contributed by atoms with van der Waals surface area (Å²) in [6, 6.07) is 8.23. The van der Waals surface area contributed by atoms with Gasteiger partial charge in [-0.15, -0.1) is 11.3 Å². The second kappa shape index (κ2) is 9.88. The van der Waals surface area contributed by atoms with Crippen molar-refractivity contribution in [1.29, 1.82) is 0 Å². The van der Waals surface area contributed by atoms with E-state index in [1.54, 1.807) is 35.0 Å². The Morgan fingerprint density at radius 1 is 1.30 bits per heavy atom. The topological polar surface area (TPSA) is 59.1 Å². The molecular weight excluding hydrogens is 414 g/mol. The van der Waals surface area contributed by atoms with Crippen LogP contribution in [0.2, 0.25) is 0 Å². The number of amides is 2. The van der Waals surface area contributed by atoms with E-state index in [0.29, 0.717) is 24.5 Å². The average molecular weight is 438 g/mol. The van der Waals surface area contributed by atoms with Crippen LogP contribution in [0.4, 0.5) is 8.78 Å². The van der Waals surface area contributed by atoms with E-state index in [4.69, 9.17) is 4.74 Å². The van der Waals surface area contributed by atoms with E-state index in [-0.39, 0.29) is 29.2 Å². The molecule has 3 rings (SSSR count). The fourth-order valence-electron chi connectivity index (χ4n) is 3.59. The highest BCUT2D eigenvalue weighted by Gasteiger charge is 2.31. The van der Waals surface area contributed by atoms with E-state index >= 15 is 0 Å². The quantitative estimate of drug-likeness (QED) is 0.659. The highest BCUT2D eigenvalue weighted by Crippen LogP contribution is 2.30. The zero-order valence-corrected chi connectivity index (χ0v) is 17.7. The van der Waals surface area contributed by atoms with Gasteiger partial charge >= 0.3 is 6.61 Å². The molecule has 1 aromatic carbocycles. The molecule has 1 aliphatic rings. The molecule has 0 N–H and O–H groups in total. The summed E-state index contributed by atoms with van der Waals surface area (Å²) in [6.45, 7) is -1.61. The molecule has 162 valence electrons. The second-order valence-electron chi connectivity index (χ2n) is 7.13. The number of piperidine rings is 1. The summed E-state index contributed by atoms with van der Waals surface area (Å²) in [5.41, 5.74) is 0.728. The molecule has 0 spiro atoms. The van der Waals surface area contributed by atoms with Crippen molar-refractivity contribution in [2.45, 2.75) is 26.0 Å². The van der Waals surface area contributed by atoms with Crippen LogP contribution in [0, 0.1) is 5.92 Å². The molecule has 30 heavy (non-hydrogen) atoms. The Morgan fingerprint density at radius 3 is 2.77 bits per heavy atom. The Hall–Kier alpha value is -2.68. The summed E-state index contributed by atoms with van der Waals surface area (Å²) in [7, 11) is 3.06. The van der Waals surface area contributed by atoms with Crippen molar-refractivity contribution < 1.29 is 27.8 Å². The van der Waals surface area contributed by atoms with E-state index in [2.05, 4.69) is 4.74 Å². The molecule has 2 aromatic rings. The van der Waals surface area contributed by atoms with Gasteiger partial charge in [-0.25, -0.2) is 0 Å². The van der Waals surface area contributed by atoms with E-state index < -0.39 is 6.61 Å². The Bertz CT molecular complexity index is 876. The second-order valence-corrected chi connectivity index (χ2v) is 8.07. The molecule has 2 heterocycles. The number of benzene rings is 1. The first kappa shape index (κ1) is 22.0. The normalized spacial score (nSPS) is 16.4. The molecule has 2 amide bonds. The zero-order chi connectivity index (χ0) is 21.7. The Kier molecular flexibility index (Phi) is 7.25. The summed E-state index contributed by atoms with van der Waals surface area (Å²) < 4.78 is 34.5. The van der Waals surface area contributed by atoms with E-state index in [0.717, 1.165) is 18.4 Å². The summed E-state index contributed by atoms with van der Waals surface area (Å²) in [5, 5.41) is 1.86. The molecule has 0 radical (unpaired) electrons. The first-order chi connectivity index (χ1) is 14.4. The van der Waals surface area contributed by atoms with Crippen molar-refractivity contribution in [3.05, 3.63) is 46.2 Å². The summed E-state index contributed by atoms with van der Waals surface area (Å²) in [6.07, 6.45) is 1.50. The number of hydrogen-bond donors (Lipinski definition) is 0. The van der Waals surface area contributed by atoms with Crippen molar-refractivity contribution in [3.8, 4) is 11.5 Å². The smallest absolute Gasteiger partial charge is 0.387 e. The Morgan fingerprint density at radius 2 is 2.10 bits per heavy atom. The zero-order valence-electron chi connectivity index (χ0n) is 16.8. The highest BCUT2D eigenvalue weighted by atomic mass is 32.1. The van der Waals surface area contributed by atoms with Crippen molar-refractivity contribution in [1.82, 2.24) is 9.80 Å². The first-order valence-corrected chi connectivity index (χ1v) is 10.5. The third-order valence-electron chi connectivity index (χ3n) is 5.03. The lowest BCUT2D eigenvalue weighted by atomic mass is 9.96. The van der Waals surface area contributed by atoms with Gasteiger partial charge in [-0.2, -0.15) is 8.78 Å². The van der Waals surface area contributed by atoms with Crippen LogP contribution < -0.4 is 9.47 Å². The van der Waals surface area contributed by atoms with Gasteiger partial charge in [-0.3, -0.25) is 9.59 Å². The molecule has 1 aliphatic heterocycles. The molecule has 1 saturated heterocycles. The number of nitrogens with zero attached hydrogens (tertiary/aromatic N) is 2. The number of methoxy groups -OCH3 is 1. The fourth-order valence-corrected chi connectivity index (χ4v) is 4.28. The number of rotatable bonds is 7. The van der Waals surface area contributed by atoms with Crippen LogP contribution in [-0.2, 0) is 11.3 Å². The van der Waals surface area contributed by atoms with Crippen molar-refractivity contribution >= 4 is 23.2 Å². The van der Waals surface area contributed by atoms with Gasteiger partial charge in [0, 0.05) is 26.7 Å². The van der Waals surface area contributed by atoms with Crippen molar-refractivity contribution in [3.63, 3.8) is 0 Å². The van der Waals surface area contributed by atoms with Crippen LogP contribution in [0.15, 0.2) is 35.7 Å². The first-order valence-electron chi connectivity index (χ1n) is 9.58. The molecule has 9 heteroatoms. The van der Waals surface area contributed by atoms with Crippen LogP contribution in [-0.4, -0.2) is 55.5 Å². The minimum absolute atomic E-state index is 0.0375. The maximum Gasteiger partial charge on any atom is 0.387 e. The van der Waals surface area contributed by atoms with Crippen LogP contribution >= 0.6 is 11.3 Å². The van der Waals surface area contributed by atoms with Gasteiger partial charge in [0.15, 0.2) is 11.5 Å². The molecule has 6 nitrogen and oxygen atoms in total. The Labute approximate surface area is 178 Å². The van der Waals surface area contributed by atoms with Gasteiger partial charge in [0.25, 0.3) is 5.91 Å². The molecule has 1 unspecified atom stereocenters. The predicted molar refractivity (Wildman–Crippen MR) is 109 cm³/mol. The molecule has 1 atom stereocenters. The van der Waals surface area contributed by atoms with E-state index in [1.165, 1.54) is 24.5 Å². The number of carbonyl (C=O) groups is 2. The average Bonchev–Trinajstić information content (AvgIpc) is 3.28. The van der Waals surface area contributed by atoms with Crippen LogP contribution in [0.3, 0.4) is 0 Å². The molecule has 1 fully saturated rings. The minimum Gasteiger partial charge on any atom is -0.493 e. The predicted octanol–water partition coefficient (Wildman–Crippen LogP) is 3.87. The minimum atomic E-state index is -2.94. The number of ether oxygens (including phenoxy) is 2. The van der Waals surface area contributed by atoms with Gasteiger partial charge in [0.05, 0.1) is 17.9 Å². The number of halogens is 2. The van der Waals surface area contributed by atoms with Crippen LogP contribution in [0.25, 0.3) is 0 Å². The maximum atomic E-state index is 13.0. The standard InChI is InChI=1S/C21H24F2N2O4S/c1-24(12-14-7-8-16(29-21(22)23)17(11-14)28-2)19(26)15-5-3-9-25(13-15)20(27)18-6-4-10-30-18/h4,6-8,10-11,15,21H,3,5,9,12-13H2,1-2H3. The monoisotopic (exact) mass is 438 g/mol. The summed E-state index contributed by atoms with van der Waals surface area (Å²) in [5.74, 6) is -0.231. The fraction of sp³-hybridized carbons (Fsp3) is 0.429. The largest absolute Gasteiger partial charge is 0.493 e. The molecule has 1 aromatic heterocycles. The number of carbonyl (C=O) groups excluding carboxylic acids is 2. The summed E-state index contributed by atoms with van der Waals surface area (Å²) in [4.78, 5) is 29.6. The van der Waals surface area contributed by atoms with Gasteiger partial charge in [0.2, 0.25) is 5.91 Å². The van der Waals surface area contributed by atoms with Gasteiger partial charge in [0.1, 0.15) is 0 Å². The number of likely N-dealkylation sites (tertiary alicyclic amines) is 1. The molecular formula is C21H24F2N2O4S. The molecule has 0 aliphatic carbocycles. The van der Waals surface area contributed by atoms with Crippen molar-refractivity contribution in [2.24, 2.45) is 5.92 Å². The lowest BCUT2D eigenvalue weighted by molar-refractivity contribution is -0.136. The maximum absolute atomic E-state index is 13.0.